The van der Waals surface area contributed by atoms with Crippen LogP contribution in [-0.2, 0) is 6.42 Å². The maximum atomic E-state index is 5.33. The molecule has 0 aliphatic carbocycles. The summed E-state index contributed by atoms with van der Waals surface area (Å²) in [7, 11) is 0. The van der Waals surface area contributed by atoms with Crippen molar-refractivity contribution >= 4 is 15.9 Å². The molecule has 0 radical (unpaired) electrons. The van der Waals surface area contributed by atoms with Crippen molar-refractivity contribution in [2.45, 2.75) is 33.1 Å². The SMILES string of the molecule is CCc1oc(Br)nc1C(C)C. The summed E-state index contributed by atoms with van der Waals surface area (Å²) in [6.45, 7) is 6.30. The van der Waals surface area contributed by atoms with Crippen molar-refractivity contribution in [3.05, 3.63) is 16.3 Å². The van der Waals surface area contributed by atoms with Gasteiger partial charge in [-0.3, -0.25) is 0 Å². The Hall–Kier alpha value is -0.310. The smallest absolute Gasteiger partial charge is 0.264 e. The summed E-state index contributed by atoms with van der Waals surface area (Å²) in [6, 6.07) is 0. The van der Waals surface area contributed by atoms with Crippen LogP contribution in [-0.4, -0.2) is 4.98 Å². The molecule has 3 heteroatoms. The number of hydrogen-bond donors (Lipinski definition) is 0. The lowest BCUT2D eigenvalue weighted by Gasteiger charge is -1.99. The summed E-state index contributed by atoms with van der Waals surface area (Å²) >= 11 is 3.21. The summed E-state index contributed by atoms with van der Waals surface area (Å²) in [5.41, 5.74) is 1.07. The molecule has 11 heavy (non-hydrogen) atoms. The van der Waals surface area contributed by atoms with Crippen LogP contribution in [0, 0.1) is 0 Å². The molecule has 0 saturated heterocycles. The van der Waals surface area contributed by atoms with E-state index in [0.29, 0.717) is 10.7 Å². The first-order valence-electron chi connectivity index (χ1n) is 3.80. The molecule has 0 fully saturated rings. The minimum Gasteiger partial charge on any atom is -0.436 e. The van der Waals surface area contributed by atoms with Gasteiger partial charge in [0.15, 0.2) is 0 Å². The zero-order valence-corrected chi connectivity index (χ0v) is 8.60. The van der Waals surface area contributed by atoms with Crippen LogP contribution < -0.4 is 0 Å². The molecule has 0 spiro atoms. The standard InChI is InChI=1S/C8H12BrNO/c1-4-6-7(5(2)3)10-8(9)11-6/h5H,4H2,1-3H3. The van der Waals surface area contributed by atoms with Crippen LogP contribution in [0.2, 0.25) is 0 Å². The van der Waals surface area contributed by atoms with Crippen molar-refractivity contribution in [3.8, 4) is 0 Å². The third-order valence-electron chi connectivity index (χ3n) is 1.57. The molecule has 62 valence electrons. The number of aromatic nitrogens is 1. The molecule has 1 aromatic rings. The Bertz CT molecular complexity index is 242. The maximum absolute atomic E-state index is 5.33. The third-order valence-corrected chi connectivity index (χ3v) is 1.91. The van der Waals surface area contributed by atoms with Crippen molar-refractivity contribution in [1.29, 1.82) is 0 Å². The first-order valence-corrected chi connectivity index (χ1v) is 4.59. The predicted molar refractivity (Wildman–Crippen MR) is 47.7 cm³/mol. The monoisotopic (exact) mass is 217 g/mol. The number of hydrogen-bond acceptors (Lipinski definition) is 2. The molecule has 0 saturated carbocycles. The van der Waals surface area contributed by atoms with Crippen LogP contribution in [0.5, 0.6) is 0 Å². The van der Waals surface area contributed by atoms with Gasteiger partial charge in [-0.25, -0.2) is 4.98 Å². The first kappa shape index (κ1) is 8.78. The Morgan fingerprint density at radius 2 is 2.18 bits per heavy atom. The molecule has 0 amide bonds. The largest absolute Gasteiger partial charge is 0.436 e. The minimum atomic E-state index is 0.444. The van der Waals surface area contributed by atoms with Gasteiger partial charge in [-0.15, -0.1) is 0 Å². The Morgan fingerprint density at radius 1 is 1.55 bits per heavy atom. The van der Waals surface area contributed by atoms with Gasteiger partial charge in [-0.05, 0) is 5.92 Å². The Kier molecular flexibility index (Phi) is 2.71. The normalized spacial score (nSPS) is 11.0. The van der Waals surface area contributed by atoms with Crippen LogP contribution in [0.4, 0.5) is 0 Å². The average molecular weight is 218 g/mol. The van der Waals surface area contributed by atoms with E-state index in [0.717, 1.165) is 17.9 Å². The van der Waals surface area contributed by atoms with Crippen molar-refractivity contribution in [2.24, 2.45) is 0 Å². The zero-order chi connectivity index (χ0) is 8.43. The number of nitrogens with zero attached hydrogens (tertiary/aromatic N) is 1. The highest BCUT2D eigenvalue weighted by Gasteiger charge is 2.12. The molecule has 0 aliphatic rings. The molecule has 1 aromatic heterocycles. The fourth-order valence-corrected chi connectivity index (χ4v) is 1.42. The number of aryl methyl sites for hydroxylation is 1. The number of oxazole rings is 1. The second-order valence-electron chi connectivity index (χ2n) is 2.78. The molecule has 0 aromatic carbocycles. The Labute approximate surface area is 75.1 Å². The molecule has 0 aliphatic heterocycles. The summed E-state index contributed by atoms with van der Waals surface area (Å²) in [5.74, 6) is 1.44. The fraction of sp³-hybridized carbons (Fsp3) is 0.625. The summed E-state index contributed by atoms with van der Waals surface area (Å²) in [5, 5.41) is 0. The summed E-state index contributed by atoms with van der Waals surface area (Å²) < 4.78 is 5.33. The molecule has 2 nitrogen and oxygen atoms in total. The molecule has 1 heterocycles. The van der Waals surface area contributed by atoms with Crippen molar-refractivity contribution in [3.63, 3.8) is 0 Å². The Balaban J connectivity index is 3.02. The number of halogens is 1. The highest BCUT2D eigenvalue weighted by molar-refractivity contribution is 9.10. The molecule has 0 N–H and O–H groups in total. The van der Waals surface area contributed by atoms with Gasteiger partial charge in [0.25, 0.3) is 4.80 Å². The van der Waals surface area contributed by atoms with Crippen LogP contribution in [0.25, 0.3) is 0 Å². The second kappa shape index (κ2) is 3.39. The zero-order valence-electron chi connectivity index (χ0n) is 7.02. The topological polar surface area (TPSA) is 26.0 Å². The predicted octanol–water partition coefficient (Wildman–Crippen LogP) is 3.12. The fourth-order valence-electron chi connectivity index (χ4n) is 1.04. The van der Waals surface area contributed by atoms with Crippen molar-refractivity contribution < 1.29 is 4.42 Å². The Morgan fingerprint density at radius 3 is 2.55 bits per heavy atom. The van der Waals surface area contributed by atoms with Crippen LogP contribution in [0.1, 0.15) is 38.1 Å². The summed E-state index contributed by atoms with van der Waals surface area (Å²) in [6.07, 6.45) is 0.909. The van der Waals surface area contributed by atoms with Gasteiger partial charge in [0.2, 0.25) is 0 Å². The van der Waals surface area contributed by atoms with Gasteiger partial charge < -0.3 is 4.42 Å². The van der Waals surface area contributed by atoms with E-state index in [1.807, 2.05) is 0 Å². The van der Waals surface area contributed by atoms with Gasteiger partial charge >= 0.3 is 0 Å². The van der Waals surface area contributed by atoms with Crippen molar-refractivity contribution in [2.75, 3.05) is 0 Å². The molecule has 0 atom stereocenters. The van der Waals surface area contributed by atoms with E-state index < -0.39 is 0 Å². The van der Waals surface area contributed by atoms with E-state index in [9.17, 15) is 0 Å². The minimum absolute atomic E-state index is 0.444. The number of rotatable bonds is 2. The van der Waals surface area contributed by atoms with Gasteiger partial charge in [0.1, 0.15) is 5.76 Å². The molecular weight excluding hydrogens is 206 g/mol. The average Bonchev–Trinajstić information content (AvgIpc) is 2.30. The first-order chi connectivity index (χ1) is 5.15. The molecule has 0 unspecified atom stereocenters. The molecule has 1 rings (SSSR count). The molecule has 0 bridgehead atoms. The highest BCUT2D eigenvalue weighted by atomic mass is 79.9. The lowest BCUT2D eigenvalue weighted by Crippen LogP contribution is -1.91. The van der Waals surface area contributed by atoms with Gasteiger partial charge in [0.05, 0.1) is 5.69 Å². The van der Waals surface area contributed by atoms with Crippen molar-refractivity contribution in [1.82, 2.24) is 4.98 Å². The van der Waals surface area contributed by atoms with Gasteiger partial charge in [-0.2, -0.15) is 0 Å². The van der Waals surface area contributed by atoms with Crippen LogP contribution >= 0.6 is 15.9 Å². The van der Waals surface area contributed by atoms with Crippen LogP contribution in [0.3, 0.4) is 0 Å². The molecular formula is C8H12BrNO. The van der Waals surface area contributed by atoms with Gasteiger partial charge in [0, 0.05) is 22.4 Å². The third kappa shape index (κ3) is 1.83. The van der Waals surface area contributed by atoms with E-state index in [-0.39, 0.29) is 0 Å². The summed E-state index contributed by atoms with van der Waals surface area (Å²) in [4.78, 5) is 4.83. The highest BCUT2D eigenvalue weighted by Crippen LogP contribution is 2.22. The van der Waals surface area contributed by atoms with Gasteiger partial charge in [-0.1, -0.05) is 20.8 Å². The van der Waals surface area contributed by atoms with Crippen LogP contribution in [0.15, 0.2) is 9.22 Å². The second-order valence-corrected chi connectivity index (χ2v) is 3.46. The van der Waals surface area contributed by atoms with E-state index >= 15 is 0 Å². The maximum Gasteiger partial charge on any atom is 0.264 e. The van der Waals surface area contributed by atoms with E-state index in [4.69, 9.17) is 4.42 Å². The van der Waals surface area contributed by atoms with E-state index in [1.165, 1.54) is 0 Å². The lowest BCUT2D eigenvalue weighted by molar-refractivity contribution is 0.482. The lowest BCUT2D eigenvalue weighted by atomic mass is 10.1. The van der Waals surface area contributed by atoms with E-state index in [2.05, 4.69) is 41.7 Å². The quantitative estimate of drug-likeness (QED) is 0.762. The van der Waals surface area contributed by atoms with E-state index in [1.54, 1.807) is 0 Å².